The third-order valence-electron chi connectivity index (χ3n) is 5.76. The highest BCUT2D eigenvalue weighted by molar-refractivity contribution is 5.87. The fourth-order valence-corrected chi connectivity index (χ4v) is 4.37. The molecule has 0 aliphatic carbocycles. The van der Waals surface area contributed by atoms with Crippen molar-refractivity contribution in [1.29, 1.82) is 0 Å². The van der Waals surface area contributed by atoms with E-state index in [0.717, 1.165) is 6.54 Å². The molecule has 0 aliphatic heterocycles. The molecule has 0 spiro atoms. The van der Waals surface area contributed by atoms with Crippen LogP contribution in [0.25, 0.3) is 10.9 Å². The molecule has 0 N–H and O–H groups in total. The van der Waals surface area contributed by atoms with E-state index in [9.17, 15) is 0 Å². The lowest BCUT2D eigenvalue weighted by molar-refractivity contribution is 0.758. The first-order valence-electron chi connectivity index (χ1n) is 10.0. The number of anilines is 1. The van der Waals surface area contributed by atoms with E-state index < -0.39 is 0 Å². The fraction of sp³-hybridized carbons (Fsp3) is 0.231. The first kappa shape index (κ1) is 18.4. The Morgan fingerprint density at radius 2 is 1.39 bits per heavy atom. The number of hydrogen-bond acceptors (Lipinski definition) is 1. The topological polar surface area (TPSA) is 8.17 Å². The zero-order valence-corrected chi connectivity index (χ0v) is 17.2. The molecule has 1 atom stereocenters. The predicted molar refractivity (Wildman–Crippen MR) is 121 cm³/mol. The molecule has 2 heteroatoms. The van der Waals surface area contributed by atoms with E-state index in [-0.39, 0.29) is 5.92 Å². The van der Waals surface area contributed by atoms with Crippen molar-refractivity contribution in [3.8, 4) is 0 Å². The van der Waals surface area contributed by atoms with Crippen LogP contribution in [0.4, 0.5) is 5.69 Å². The van der Waals surface area contributed by atoms with Crippen LogP contribution in [0, 0.1) is 6.92 Å². The summed E-state index contributed by atoms with van der Waals surface area (Å²) in [6, 6.07) is 28.7. The van der Waals surface area contributed by atoms with Gasteiger partial charge >= 0.3 is 0 Å². The molecule has 0 saturated carbocycles. The molecular formula is C26H28N2. The lowest BCUT2D eigenvalue weighted by atomic mass is 9.83. The highest BCUT2D eigenvalue weighted by Gasteiger charge is 2.24. The SMILES string of the molecule is CCn1c(C)c(C(c2ccccc2)c2ccc(N(C)C)cc2)c2ccccc21. The summed E-state index contributed by atoms with van der Waals surface area (Å²) in [5.74, 6) is 0.218. The third-order valence-corrected chi connectivity index (χ3v) is 5.76. The molecule has 1 aromatic heterocycles. The van der Waals surface area contributed by atoms with Crippen LogP contribution < -0.4 is 4.90 Å². The van der Waals surface area contributed by atoms with Gasteiger partial charge in [0, 0.05) is 48.8 Å². The van der Waals surface area contributed by atoms with Crippen molar-refractivity contribution in [3.63, 3.8) is 0 Å². The molecule has 4 aromatic rings. The average molecular weight is 369 g/mol. The molecule has 0 amide bonds. The minimum Gasteiger partial charge on any atom is -0.378 e. The maximum Gasteiger partial charge on any atom is 0.0485 e. The summed E-state index contributed by atoms with van der Waals surface area (Å²) in [4.78, 5) is 2.15. The first-order chi connectivity index (χ1) is 13.6. The quantitative estimate of drug-likeness (QED) is 0.406. The normalized spacial score (nSPS) is 12.3. The zero-order valence-electron chi connectivity index (χ0n) is 17.2. The maximum atomic E-state index is 2.44. The summed E-state index contributed by atoms with van der Waals surface area (Å²) in [7, 11) is 4.17. The van der Waals surface area contributed by atoms with Crippen LogP contribution in [0.3, 0.4) is 0 Å². The van der Waals surface area contributed by atoms with Crippen molar-refractivity contribution in [2.24, 2.45) is 0 Å². The summed E-state index contributed by atoms with van der Waals surface area (Å²) in [5.41, 5.74) is 7.99. The zero-order chi connectivity index (χ0) is 19.7. The molecule has 0 radical (unpaired) electrons. The Morgan fingerprint density at radius 3 is 2.04 bits per heavy atom. The van der Waals surface area contributed by atoms with Gasteiger partial charge in [-0.15, -0.1) is 0 Å². The van der Waals surface area contributed by atoms with Crippen molar-refractivity contribution in [2.45, 2.75) is 26.3 Å². The molecule has 0 fully saturated rings. The van der Waals surface area contributed by atoms with Crippen LogP contribution in [0.2, 0.25) is 0 Å². The monoisotopic (exact) mass is 368 g/mol. The van der Waals surface area contributed by atoms with Gasteiger partial charge in [-0.3, -0.25) is 0 Å². The van der Waals surface area contributed by atoms with Gasteiger partial charge in [0.1, 0.15) is 0 Å². The highest BCUT2D eigenvalue weighted by atomic mass is 15.1. The van der Waals surface area contributed by atoms with E-state index in [1.54, 1.807) is 0 Å². The number of rotatable bonds is 5. The standard InChI is InChI=1S/C26H28N2/c1-5-28-19(2)25(23-13-9-10-14-24(23)28)26(20-11-7-6-8-12-20)21-15-17-22(18-16-21)27(3)4/h6-18,26H,5H2,1-4H3. The van der Waals surface area contributed by atoms with Gasteiger partial charge < -0.3 is 9.47 Å². The lowest BCUT2D eigenvalue weighted by Crippen LogP contribution is -2.09. The van der Waals surface area contributed by atoms with Gasteiger partial charge in [0.2, 0.25) is 0 Å². The molecule has 142 valence electrons. The second-order valence-electron chi connectivity index (χ2n) is 7.59. The Bertz CT molecular complexity index is 1070. The van der Waals surface area contributed by atoms with Gasteiger partial charge in [0.15, 0.2) is 0 Å². The van der Waals surface area contributed by atoms with E-state index in [4.69, 9.17) is 0 Å². The van der Waals surface area contributed by atoms with E-state index in [0.29, 0.717) is 0 Å². The Kier molecular flexibility index (Phi) is 4.95. The largest absolute Gasteiger partial charge is 0.378 e. The number of nitrogens with zero attached hydrogens (tertiary/aromatic N) is 2. The molecule has 0 saturated heterocycles. The number of aromatic nitrogens is 1. The summed E-state index contributed by atoms with van der Waals surface area (Å²) < 4.78 is 2.44. The molecule has 0 aliphatic rings. The van der Waals surface area contributed by atoms with Gasteiger partial charge in [0.25, 0.3) is 0 Å². The van der Waals surface area contributed by atoms with Crippen LogP contribution in [0.15, 0.2) is 78.9 Å². The van der Waals surface area contributed by atoms with Gasteiger partial charge in [-0.1, -0.05) is 60.7 Å². The second kappa shape index (κ2) is 7.55. The number of aryl methyl sites for hydroxylation is 1. The average Bonchev–Trinajstić information content (AvgIpc) is 3.01. The Morgan fingerprint density at radius 1 is 0.786 bits per heavy atom. The van der Waals surface area contributed by atoms with Crippen LogP contribution in [0.1, 0.15) is 35.2 Å². The van der Waals surface area contributed by atoms with E-state index in [2.05, 4.69) is 116 Å². The van der Waals surface area contributed by atoms with Gasteiger partial charge in [-0.05, 0) is 48.7 Å². The summed E-state index contributed by atoms with van der Waals surface area (Å²) in [6.45, 7) is 5.48. The lowest BCUT2D eigenvalue weighted by Gasteiger charge is -2.21. The van der Waals surface area contributed by atoms with Crippen LogP contribution >= 0.6 is 0 Å². The number of hydrogen-bond donors (Lipinski definition) is 0. The molecular weight excluding hydrogens is 340 g/mol. The molecule has 3 aromatic carbocycles. The van der Waals surface area contributed by atoms with Gasteiger partial charge in [0.05, 0.1) is 0 Å². The smallest absolute Gasteiger partial charge is 0.0485 e. The Hall–Kier alpha value is -3.00. The molecule has 1 heterocycles. The molecule has 2 nitrogen and oxygen atoms in total. The fourth-order valence-electron chi connectivity index (χ4n) is 4.37. The highest BCUT2D eigenvalue weighted by Crippen LogP contribution is 2.40. The summed E-state index contributed by atoms with van der Waals surface area (Å²) >= 11 is 0. The van der Waals surface area contributed by atoms with Gasteiger partial charge in [-0.25, -0.2) is 0 Å². The van der Waals surface area contributed by atoms with Crippen molar-refractivity contribution in [3.05, 3.63) is 101 Å². The van der Waals surface area contributed by atoms with Gasteiger partial charge in [-0.2, -0.15) is 0 Å². The van der Waals surface area contributed by atoms with Crippen LogP contribution in [-0.4, -0.2) is 18.7 Å². The minimum absolute atomic E-state index is 0.218. The first-order valence-corrected chi connectivity index (χ1v) is 10.0. The Labute approximate surface area is 168 Å². The molecule has 1 unspecified atom stereocenters. The van der Waals surface area contributed by atoms with E-state index in [1.165, 1.54) is 39.0 Å². The summed E-state index contributed by atoms with van der Waals surface area (Å²) in [5, 5.41) is 1.35. The Balaban J connectivity index is 1.98. The van der Waals surface area contributed by atoms with E-state index >= 15 is 0 Å². The minimum atomic E-state index is 0.218. The number of para-hydroxylation sites is 1. The molecule has 0 bridgehead atoms. The predicted octanol–water partition coefficient (Wildman–Crippen LogP) is 6.22. The van der Waals surface area contributed by atoms with Crippen molar-refractivity contribution >= 4 is 16.6 Å². The molecule has 28 heavy (non-hydrogen) atoms. The summed E-state index contributed by atoms with van der Waals surface area (Å²) in [6.07, 6.45) is 0. The van der Waals surface area contributed by atoms with E-state index in [1.807, 2.05) is 0 Å². The maximum absolute atomic E-state index is 2.44. The number of fused-ring (bicyclic) bond motifs is 1. The number of benzene rings is 3. The second-order valence-corrected chi connectivity index (χ2v) is 7.59. The molecule has 4 rings (SSSR count). The van der Waals surface area contributed by atoms with Crippen molar-refractivity contribution in [1.82, 2.24) is 4.57 Å². The van der Waals surface area contributed by atoms with Crippen LogP contribution in [0.5, 0.6) is 0 Å². The van der Waals surface area contributed by atoms with Crippen LogP contribution in [-0.2, 0) is 6.54 Å². The van der Waals surface area contributed by atoms with Crippen molar-refractivity contribution < 1.29 is 0 Å². The van der Waals surface area contributed by atoms with Crippen molar-refractivity contribution in [2.75, 3.05) is 19.0 Å². The third kappa shape index (κ3) is 3.09.